The summed E-state index contributed by atoms with van der Waals surface area (Å²) < 4.78 is 5.92. The number of benzene rings is 1. The first-order valence-electron chi connectivity index (χ1n) is 9.41. The lowest BCUT2D eigenvalue weighted by atomic mass is 10.0. The van der Waals surface area contributed by atoms with Crippen molar-refractivity contribution in [2.75, 3.05) is 13.1 Å². The summed E-state index contributed by atoms with van der Waals surface area (Å²) in [6, 6.07) is 12.2. The second kappa shape index (κ2) is 8.41. The molecule has 0 bridgehead atoms. The maximum Gasteiger partial charge on any atom is 0.256 e. The minimum Gasteiger partial charge on any atom is -0.472 e. The Morgan fingerprint density at radius 2 is 1.83 bits per heavy atom. The number of aromatic nitrogens is 4. The van der Waals surface area contributed by atoms with Gasteiger partial charge in [-0.05, 0) is 37.1 Å². The van der Waals surface area contributed by atoms with E-state index in [1.54, 1.807) is 35.2 Å². The summed E-state index contributed by atoms with van der Waals surface area (Å²) in [5, 5.41) is 26.5. The predicted molar refractivity (Wildman–Crippen MR) is 105 cm³/mol. The van der Waals surface area contributed by atoms with E-state index < -0.39 is 0 Å². The molecular weight excluding hydrogens is 382 g/mol. The fraction of sp³-hybridized carbons (Fsp3) is 0.238. The zero-order chi connectivity index (χ0) is 20.9. The molecule has 1 saturated heterocycles. The summed E-state index contributed by atoms with van der Waals surface area (Å²) in [6.07, 6.45) is 5.89. The number of rotatable bonds is 4. The number of piperidine rings is 1. The van der Waals surface area contributed by atoms with Crippen LogP contribution >= 0.6 is 0 Å². The molecule has 1 aliphatic heterocycles. The van der Waals surface area contributed by atoms with E-state index in [2.05, 4.69) is 27.3 Å². The average Bonchev–Trinajstić information content (AvgIpc) is 3.33. The lowest BCUT2D eigenvalue weighted by molar-refractivity contribution is 0.0527. The van der Waals surface area contributed by atoms with Crippen LogP contribution in [0.2, 0.25) is 0 Å². The van der Waals surface area contributed by atoms with Crippen LogP contribution in [0.1, 0.15) is 34.3 Å². The number of nitrogens with zero attached hydrogens (tertiary/aromatic N) is 7. The van der Waals surface area contributed by atoms with Gasteiger partial charge in [0.1, 0.15) is 6.10 Å². The van der Waals surface area contributed by atoms with Gasteiger partial charge in [0.25, 0.3) is 5.91 Å². The average molecular weight is 399 g/mol. The number of hydrogen-bond acceptors (Lipinski definition) is 7. The van der Waals surface area contributed by atoms with Gasteiger partial charge in [0.15, 0.2) is 0 Å². The van der Waals surface area contributed by atoms with Gasteiger partial charge >= 0.3 is 0 Å². The molecule has 148 valence electrons. The van der Waals surface area contributed by atoms with E-state index in [4.69, 9.17) is 10.00 Å². The quantitative estimate of drug-likeness (QED) is 0.658. The van der Waals surface area contributed by atoms with Gasteiger partial charge < -0.3 is 9.64 Å². The molecule has 0 radical (unpaired) electrons. The van der Waals surface area contributed by atoms with E-state index in [0.29, 0.717) is 41.3 Å². The molecule has 1 atom stereocenters. The summed E-state index contributed by atoms with van der Waals surface area (Å²) in [7, 11) is 0. The maximum atomic E-state index is 13.3. The van der Waals surface area contributed by atoms with Crippen molar-refractivity contribution in [3.63, 3.8) is 0 Å². The van der Waals surface area contributed by atoms with Crippen LogP contribution in [-0.2, 0) is 0 Å². The van der Waals surface area contributed by atoms with E-state index >= 15 is 0 Å². The Morgan fingerprint density at radius 1 is 1.07 bits per heavy atom. The van der Waals surface area contributed by atoms with Crippen molar-refractivity contribution in [1.29, 1.82) is 10.5 Å². The predicted octanol–water partition coefficient (Wildman–Crippen LogP) is 2.09. The molecule has 0 saturated carbocycles. The van der Waals surface area contributed by atoms with Crippen LogP contribution in [0.25, 0.3) is 5.69 Å². The third-order valence-corrected chi connectivity index (χ3v) is 4.81. The first-order chi connectivity index (χ1) is 14.7. The van der Waals surface area contributed by atoms with Crippen LogP contribution in [0, 0.1) is 22.7 Å². The van der Waals surface area contributed by atoms with Gasteiger partial charge in [-0.15, -0.1) is 0 Å². The second-order valence-electron chi connectivity index (χ2n) is 6.79. The zero-order valence-corrected chi connectivity index (χ0v) is 16.0. The standard InChI is InChI=1S/C21H17N7O2/c22-12-15-3-4-18(19(10-15)28-25-7-8-26-28)21(29)27-9-1-2-17(14-27)30-20-11-16(13-23)5-6-24-20/h3-8,10-11,17H,1-2,9,14H2/t17-/m1/s1. The van der Waals surface area contributed by atoms with E-state index in [0.717, 1.165) is 12.8 Å². The van der Waals surface area contributed by atoms with Crippen LogP contribution in [0.4, 0.5) is 0 Å². The fourth-order valence-corrected chi connectivity index (χ4v) is 3.39. The summed E-state index contributed by atoms with van der Waals surface area (Å²) in [6.45, 7) is 0.986. The van der Waals surface area contributed by atoms with Crippen LogP contribution in [0.5, 0.6) is 5.88 Å². The van der Waals surface area contributed by atoms with Gasteiger partial charge in [-0.3, -0.25) is 4.79 Å². The Balaban J connectivity index is 1.55. The van der Waals surface area contributed by atoms with Crippen molar-refractivity contribution in [1.82, 2.24) is 24.9 Å². The van der Waals surface area contributed by atoms with Gasteiger partial charge in [0.2, 0.25) is 5.88 Å². The van der Waals surface area contributed by atoms with E-state index in [1.165, 1.54) is 23.4 Å². The minimum atomic E-state index is -0.228. The van der Waals surface area contributed by atoms with Gasteiger partial charge in [0, 0.05) is 18.8 Å². The van der Waals surface area contributed by atoms with Crippen LogP contribution in [0.15, 0.2) is 48.9 Å². The highest BCUT2D eigenvalue weighted by atomic mass is 16.5. The third-order valence-electron chi connectivity index (χ3n) is 4.81. The van der Waals surface area contributed by atoms with Gasteiger partial charge in [0.05, 0.1) is 53.5 Å². The Hall–Kier alpha value is -4.24. The Bertz CT molecular complexity index is 1140. The van der Waals surface area contributed by atoms with E-state index in [-0.39, 0.29) is 12.0 Å². The largest absolute Gasteiger partial charge is 0.472 e. The summed E-state index contributed by atoms with van der Waals surface area (Å²) >= 11 is 0. The molecule has 2 aromatic heterocycles. The van der Waals surface area contributed by atoms with Gasteiger partial charge in [-0.25, -0.2) is 4.98 Å². The molecular formula is C21H17N7O2. The highest BCUT2D eigenvalue weighted by molar-refractivity contribution is 5.98. The summed E-state index contributed by atoms with van der Waals surface area (Å²) in [5.74, 6) is 0.187. The normalized spacial score (nSPS) is 15.8. The Morgan fingerprint density at radius 3 is 2.60 bits per heavy atom. The van der Waals surface area contributed by atoms with Crippen LogP contribution < -0.4 is 4.74 Å². The van der Waals surface area contributed by atoms with Gasteiger partial charge in [-0.1, -0.05) is 0 Å². The molecule has 4 rings (SSSR count). The van der Waals surface area contributed by atoms with Crippen molar-refractivity contribution in [3.8, 4) is 23.7 Å². The number of carbonyl (C=O) groups is 1. The SMILES string of the molecule is N#Cc1ccnc(O[C@@H]2CCCN(C(=O)c3ccc(C#N)cc3-n3nccn3)C2)c1. The molecule has 1 fully saturated rings. The van der Waals surface area contributed by atoms with Crippen molar-refractivity contribution < 1.29 is 9.53 Å². The highest BCUT2D eigenvalue weighted by Crippen LogP contribution is 2.22. The molecule has 0 N–H and O–H groups in total. The first kappa shape index (κ1) is 19.1. The third kappa shape index (κ3) is 3.96. The lowest BCUT2D eigenvalue weighted by Crippen LogP contribution is -2.44. The van der Waals surface area contributed by atoms with Crippen molar-refractivity contribution in [3.05, 3.63) is 65.6 Å². The van der Waals surface area contributed by atoms with E-state index in [9.17, 15) is 10.1 Å². The number of ether oxygens (including phenoxy) is 1. The Kier molecular flexibility index (Phi) is 5.35. The molecule has 0 unspecified atom stereocenters. The number of nitriles is 2. The molecule has 1 amide bonds. The molecule has 9 heteroatoms. The molecule has 1 aromatic carbocycles. The minimum absolute atomic E-state index is 0.182. The summed E-state index contributed by atoms with van der Waals surface area (Å²) in [5.41, 5.74) is 1.76. The zero-order valence-electron chi connectivity index (χ0n) is 16.0. The topological polar surface area (TPSA) is 121 Å². The number of hydrogen-bond donors (Lipinski definition) is 0. The van der Waals surface area contributed by atoms with Gasteiger partial charge in [-0.2, -0.15) is 25.5 Å². The van der Waals surface area contributed by atoms with Crippen LogP contribution in [0.3, 0.4) is 0 Å². The van der Waals surface area contributed by atoms with Crippen molar-refractivity contribution >= 4 is 5.91 Å². The highest BCUT2D eigenvalue weighted by Gasteiger charge is 2.28. The molecule has 0 spiro atoms. The number of amides is 1. The second-order valence-corrected chi connectivity index (χ2v) is 6.79. The molecule has 30 heavy (non-hydrogen) atoms. The molecule has 9 nitrogen and oxygen atoms in total. The lowest BCUT2D eigenvalue weighted by Gasteiger charge is -2.33. The first-order valence-corrected chi connectivity index (χ1v) is 9.41. The number of carbonyl (C=O) groups excluding carboxylic acids is 1. The Labute approximate surface area is 172 Å². The van der Waals surface area contributed by atoms with Crippen LogP contribution in [-0.4, -0.2) is 50.0 Å². The summed E-state index contributed by atoms with van der Waals surface area (Å²) in [4.78, 5) is 20.5. The smallest absolute Gasteiger partial charge is 0.256 e. The van der Waals surface area contributed by atoms with Crippen molar-refractivity contribution in [2.24, 2.45) is 0 Å². The molecule has 3 heterocycles. The maximum absolute atomic E-state index is 13.3. The number of likely N-dealkylation sites (tertiary alicyclic amines) is 1. The molecule has 1 aliphatic rings. The number of pyridine rings is 1. The molecule has 0 aliphatic carbocycles. The fourth-order valence-electron chi connectivity index (χ4n) is 3.39. The molecule has 3 aromatic rings. The van der Waals surface area contributed by atoms with E-state index in [1.807, 2.05) is 0 Å². The monoisotopic (exact) mass is 399 g/mol. The van der Waals surface area contributed by atoms with Crippen molar-refractivity contribution in [2.45, 2.75) is 18.9 Å².